The third-order valence-corrected chi connectivity index (χ3v) is 7.25. The highest BCUT2D eigenvalue weighted by Gasteiger charge is 2.37. The highest BCUT2D eigenvalue weighted by molar-refractivity contribution is 5.96. The monoisotopic (exact) mass is 512 g/mol. The van der Waals surface area contributed by atoms with Gasteiger partial charge in [-0.25, -0.2) is 9.97 Å². The summed E-state index contributed by atoms with van der Waals surface area (Å²) < 4.78 is 5.99. The first-order valence-electron chi connectivity index (χ1n) is 12.8. The molecule has 2 aromatic carbocycles. The molecule has 0 saturated carbocycles. The third-order valence-electron chi connectivity index (χ3n) is 7.25. The lowest BCUT2D eigenvalue weighted by molar-refractivity contribution is -0.118. The average Bonchev–Trinajstić information content (AvgIpc) is 3.45. The van der Waals surface area contributed by atoms with Gasteiger partial charge in [0.2, 0.25) is 5.91 Å². The summed E-state index contributed by atoms with van der Waals surface area (Å²) in [5.74, 6) is 0.592. The van der Waals surface area contributed by atoms with Gasteiger partial charge in [0.1, 0.15) is 17.8 Å². The quantitative estimate of drug-likeness (QED) is 0.370. The summed E-state index contributed by atoms with van der Waals surface area (Å²) in [6, 6.07) is 19.7. The Morgan fingerprint density at radius 3 is 2.61 bits per heavy atom. The van der Waals surface area contributed by atoms with Crippen molar-refractivity contribution < 1.29 is 14.3 Å². The molecule has 4 aromatic rings. The Hall–Kier alpha value is -4.24. The number of rotatable bonds is 8. The predicted molar refractivity (Wildman–Crippen MR) is 146 cm³/mol. The zero-order valence-corrected chi connectivity index (χ0v) is 21.7. The molecule has 3 heterocycles. The Morgan fingerprint density at radius 2 is 1.87 bits per heavy atom. The molecule has 0 atom stereocenters. The number of benzene rings is 2. The first-order valence-corrected chi connectivity index (χ1v) is 12.8. The minimum Gasteiger partial charge on any atom is -0.373 e. The number of likely N-dealkylation sites (tertiary alicyclic amines) is 1. The van der Waals surface area contributed by atoms with Gasteiger partial charge in [-0.2, -0.15) is 0 Å². The van der Waals surface area contributed by atoms with Crippen LogP contribution in [-0.2, 0) is 15.1 Å². The van der Waals surface area contributed by atoms with Crippen molar-refractivity contribution in [1.29, 1.82) is 0 Å². The van der Waals surface area contributed by atoms with Gasteiger partial charge in [-0.1, -0.05) is 36.4 Å². The highest BCUT2D eigenvalue weighted by atomic mass is 16.5. The molecule has 1 aliphatic rings. The second kappa shape index (κ2) is 11.0. The number of nitrogens with one attached hydrogen (secondary N) is 2. The molecular formula is C29H32N6O3. The van der Waals surface area contributed by atoms with Crippen molar-refractivity contribution in [1.82, 2.24) is 25.2 Å². The minimum absolute atomic E-state index is 0.0131. The SMILES string of the molecule is COC1(c2ccccc2)CCN(C(=O)c2cccc(N(CCNC(C)=O)c3ncnc4[nH]ccc34)c2)CC1. The summed E-state index contributed by atoms with van der Waals surface area (Å²) in [7, 11) is 1.75. The minimum atomic E-state index is -0.380. The number of carbonyl (C=O) groups excluding carboxylic acids is 2. The fourth-order valence-electron chi connectivity index (χ4n) is 5.19. The van der Waals surface area contributed by atoms with Gasteiger partial charge >= 0.3 is 0 Å². The fraction of sp³-hybridized carbons (Fsp3) is 0.310. The number of aromatic amines is 1. The van der Waals surface area contributed by atoms with Crippen molar-refractivity contribution in [2.24, 2.45) is 0 Å². The van der Waals surface area contributed by atoms with E-state index in [-0.39, 0.29) is 17.4 Å². The van der Waals surface area contributed by atoms with E-state index in [1.807, 2.05) is 64.5 Å². The first-order chi connectivity index (χ1) is 18.5. The van der Waals surface area contributed by atoms with Crippen LogP contribution < -0.4 is 10.2 Å². The molecule has 5 rings (SSSR count). The number of hydrogen-bond donors (Lipinski definition) is 2. The fourth-order valence-corrected chi connectivity index (χ4v) is 5.19. The maximum atomic E-state index is 13.6. The topological polar surface area (TPSA) is 103 Å². The van der Waals surface area contributed by atoms with E-state index in [4.69, 9.17) is 4.74 Å². The summed E-state index contributed by atoms with van der Waals surface area (Å²) >= 11 is 0. The molecule has 1 fully saturated rings. The van der Waals surface area contributed by atoms with Crippen molar-refractivity contribution in [3.05, 3.63) is 84.3 Å². The predicted octanol–water partition coefficient (Wildman–Crippen LogP) is 4.01. The van der Waals surface area contributed by atoms with Crippen LogP contribution in [0.5, 0.6) is 0 Å². The van der Waals surface area contributed by atoms with E-state index in [1.54, 1.807) is 7.11 Å². The van der Waals surface area contributed by atoms with Gasteiger partial charge in [0.05, 0.1) is 11.0 Å². The summed E-state index contributed by atoms with van der Waals surface area (Å²) in [5, 5.41) is 3.72. The Balaban J connectivity index is 1.38. The molecule has 9 heteroatoms. The standard InChI is InChI=1S/C29H32N6O3/c1-21(36)30-15-18-35(27-25-11-14-31-26(25)32-20-33-27)24-10-6-7-22(19-24)28(37)34-16-12-29(38-2,13-17-34)23-8-4-3-5-9-23/h3-11,14,19-20H,12-13,15-18H2,1-2H3,(H,30,36)(H,31,32,33). The molecule has 2 N–H and O–H groups in total. The van der Waals surface area contributed by atoms with Crippen molar-refractivity contribution >= 4 is 34.4 Å². The molecule has 2 aromatic heterocycles. The van der Waals surface area contributed by atoms with Crippen LogP contribution >= 0.6 is 0 Å². The van der Waals surface area contributed by atoms with Crippen molar-refractivity contribution in [3.8, 4) is 0 Å². The second-order valence-electron chi connectivity index (χ2n) is 9.48. The average molecular weight is 513 g/mol. The molecule has 9 nitrogen and oxygen atoms in total. The summed E-state index contributed by atoms with van der Waals surface area (Å²) in [6.07, 6.45) is 4.79. The van der Waals surface area contributed by atoms with E-state index in [1.165, 1.54) is 13.3 Å². The molecule has 196 valence electrons. The van der Waals surface area contributed by atoms with Gasteiger partial charge in [-0.3, -0.25) is 9.59 Å². The number of methoxy groups -OCH3 is 1. The van der Waals surface area contributed by atoms with Crippen LogP contribution in [0.4, 0.5) is 11.5 Å². The molecule has 0 radical (unpaired) electrons. The van der Waals surface area contributed by atoms with Gasteiger partial charge in [0.25, 0.3) is 5.91 Å². The van der Waals surface area contributed by atoms with Crippen LogP contribution in [0.3, 0.4) is 0 Å². The number of ether oxygens (including phenoxy) is 1. The zero-order valence-electron chi connectivity index (χ0n) is 21.7. The van der Waals surface area contributed by atoms with Crippen molar-refractivity contribution in [2.75, 3.05) is 38.2 Å². The van der Waals surface area contributed by atoms with Gasteiger partial charge in [-0.15, -0.1) is 0 Å². The van der Waals surface area contributed by atoms with Crippen LogP contribution in [0.25, 0.3) is 11.0 Å². The largest absolute Gasteiger partial charge is 0.373 e. The lowest BCUT2D eigenvalue weighted by atomic mass is 9.84. The summed E-state index contributed by atoms with van der Waals surface area (Å²) in [5.41, 5.74) is 2.91. The molecule has 1 aliphatic heterocycles. The number of aromatic nitrogens is 3. The van der Waals surface area contributed by atoms with Crippen LogP contribution in [0.2, 0.25) is 0 Å². The number of carbonyl (C=O) groups is 2. The molecule has 2 amide bonds. The lowest BCUT2D eigenvalue weighted by Crippen LogP contribution is -2.46. The van der Waals surface area contributed by atoms with E-state index in [0.717, 1.165) is 35.1 Å². The Bertz CT molecular complexity index is 1410. The van der Waals surface area contributed by atoms with Gasteiger partial charge in [0.15, 0.2) is 0 Å². The van der Waals surface area contributed by atoms with Crippen LogP contribution in [-0.4, -0.2) is 65.0 Å². The third kappa shape index (κ3) is 5.10. The number of anilines is 2. The number of amides is 2. The molecule has 0 aliphatic carbocycles. The molecule has 1 saturated heterocycles. The maximum absolute atomic E-state index is 13.6. The van der Waals surface area contributed by atoms with E-state index in [9.17, 15) is 9.59 Å². The first kappa shape index (κ1) is 25.4. The highest BCUT2D eigenvalue weighted by Crippen LogP contribution is 2.37. The molecular weight excluding hydrogens is 480 g/mol. The van der Waals surface area contributed by atoms with Crippen molar-refractivity contribution in [2.45, 2.75) is 25.4 Å². The molecule has 0 spiro atoms. The number of fused-ring (bicyclic) bond motifs is 1. The summed E-state index contributed by atoms with van der Waals surface area (Å²) in [6.45, 7) is 3.61. The van der Waals surface area contributed by atoms with E-state index >= 15 is 0 Å². The number of piperidine rings is 1. The number of hydrogen-bond acceptors (Lipinski definition) is 6. The lowest BCUT2D eigenvalue weighted by Gasteiger charge is -2.41. The summed E-state index contributed by atoms with van der Waals surface area (Å²) in [4.78, 5) is 41.0. The van der Waals surface area contributed by atoms with Crippen LogP contribution in [0.1, 0.15) is 35.7 Å². The molecule has 0 bridgehead atoms. The van der Waals surface area contributed by atoms with Crippen molar-refractivity contribution in [3.63, 3.8) is 0 Å². The second-order valence-corrected chi connectivity index (χ2v) is 9.48. The van der Waals surface area contributed by atoms with Gasteiger partial charge in [0, 0.05) is 57.7 Å². The number of H-pyrrole nitrogens is 1. The van der Waals surface area contributed by atoms with Gasteiger partial charge < -0.3 is 24.8 Å². The maximum Gasteiger partial charge on any atom is 0.253 e. The van der Waals surface area contributed by atoms with E-state index in [0.29, 0.717) is 37.6 Å². The Kier molecular flexibility index (Phi) is 7.37. The normalized spacial score (nSPS) is 14.8. The Labute approximate surface area is 221 Å². The number of nitrogens with zero attached hydrogens (tertiary/aromatic N) is 4. The van der Waals surface area contributed by atoms with Crippen LogP contribution in [0, 0.1) is 0 Å². The molecule has 38 heavy (non-hydrogen) atoms. The molecule has 0 unspecified atom stereocenters. The van der Waals surface area contributed by atoms with E-state index < -0.39 is 0 Å². The smallest absolute Gasteiger partial charge is 0.253 e. The zero-order chi connectivity index (χ0) is 26.5. The van der Waals surface area contributed by atoms with Crippen LogP contribution in [0.15, 0.2) is 73.2 Å². The van der Waals surface area contributed by atoms with Gasteiger partial charge in [-0.05, 0) is 42.7 Å². The Morgan fingerprint density at radius 1 is 1.08 bits per heavy atom. The van der Waals surface area contributed by atoms with E-state index in [2.05, 4.69) is 32.4 Å².